The summed E-state index contributed by atoms with van der Waals surface area (Å²) in [5.41, 5.74) is 8.89. The van der Waals surface area contributed by atoms with Gasteiger partial charge in [0, 0.05) is 22.8 Å². The van der Waals surface area contributed by atoms with Crippen LogP contribution in [0.15, 0.2) is 29.8 Å². The van der Waals surface area contributed by atoms with Gasteiger partial charge < -0.3 is 5.73 Å². The lowest BCUT2D eigenvalue weighted by Gasteiger charge is -2.02. The molecule has 1 heterocycles. The largest absolute Gasteiger partial charge is 0.398 e. The summed E-state index contributed by atoms with van der Waals surface area (Å²) in [7, 11) is 0. The van der Waals surface area contributed by atoms with Crippen molar-refractivity contribution in [3.8, 4) is 10.6 Å². The average Bonchev–Trinajstić information content (AvgIpc) is 2.56. The number of anilines is 1. The minimum atomic E-state index is 0.801. The van der Waals surface area contributed by atoms with Crippen LogP contribution in [0.3, 0.4) is 0 Å². The van der Waals surface area contributed by atoms with Crippen molar-refractivity contribution in [2.75, 3.05) is 5.73 Å². The van der Waals surface area contributed by atoms with Crippen LogP contribution in [-0.2, 0) is 0 Å². The number of benzene rings is 1. The molecule has 66 valence electrons. The summed E-state index contributed by atoms with van der Waals surface area (Å²) in [5, 5.41) is 2.94. The van der Waals surface area contributed by atoms with E-state index in [0.29, 0.717) is 0 Å². The van der Waals surface area contributed by atoms with Gasteiger partial charge in [0.1, 0.15) is 5.01 Å². The van der Waals surface area contributed by atoms with E-state index in [1.54, 1.807) is 17.5 Å². The smallest absolute Gasteiger partial charge is 0.125 e. The molecular formula is C10H10N2S. The van der Waals surface area contributed by atoms with Gasteiger partial charge in [0.2, 0.25) is 0 Å². The molecule has 1 aromatic carbocycles. The number of thiazole rings is 1. The molecule has 2 nitrogen and oxygen atoms in total. The Bertz CT molecular complexity index is 407. The Morgan fingerprint density at radius 3 is 2.85 bits per heavy atom. The molecule has 2 aromatic rings. The summed E-state index contributed by atoms with van der Waals surface area (Å²) in [6, 6.07) is 6.04. The zero-order valence-corrected chi connectivity index (χ0v) is 8.14. The van der Waals surface area contributed by atoms with Crippen LogP contribution in [0.5, 0.6) is 0 Å². The van der Waals surface area contributed by atoms with Gasteiger partial charge in [-0.2, -0.15) is 0 Å². The number of rotatable bonds is 1. The quantitative estimate of drug-likeness (QED) is 0.702. The van der Waals surface area contributed by atoms with Gasteiger partial charge in [-0.25, -0.2) is 4.98 Å². The first-order valence-corrected chi connectivity index (χ1v) is 4.91. The van der Waals surface area contributed by atoms with E-state index in [-0.39, 0.29) is 0 Å². The molecule has 0 aliphatic heterocycles. The molecule has 0 amide bonds. The van der Waals surface area contributed by atoms with E-state index in [0.717, 1.165) is 16.3 Å². The maximum atomic E-state index is 5.88. The molecule has 2 rings (SSSR count). The lowest BCUT2D eigenvalue weighted by Crippen LogP contribution is -1.89. The van der Waals surface area contributed by atoms with E-state index >= 15 is 0 Å². The zero-order valence-electron chi connectivity index (χ0n) is 7.32. The predicted molar refractivity (Wildman–Crippen MR) is 56.7 cm³/mol. The normalized spacial score (nSPS) is 10.2. The fourth-order valence-electron chi connectivity index (χ4n) is 1.23. The van der Waals surface area contributed by atoms with Crippen LogP contribution in [0.25, 0.3) is 10.6 Å². The zero-order chi connectivity index (χ0) is 9.26. The number of hydrogen-bond donors (Lipinski definition) is 1. The molecule has 0 radical (unpaired) electrons. The van der Waals surface area contributed by atoms with Gasteiger partial charge in [-0.3, -0.25) is 0 Å². The highest BCUT2D eigenvalue weighted by molar-refractivity contribution is 7.13. The average molecular weight is 190 g/mol. The number of hydrogen-bond acceptors (Lipinski definition) is 3. The fraction of sp³-hybridized carbons (Fsp3) is 0.100. The summed E-state index contributed by atoms with van der Waals surface area (Å²) in [6.45, 7) is 2.03. The van der Waals surface area contributed by atoms with Crippen molar-refractivity contribution in [3.63, 3.8) is 0 Å². The van der Waals surface area contributed by atoms with Crippen LogP contribution in [-0.4, -0.2) is 4.98 Å². The molecule has 0 spiro atoms. The van der Waals surface area contributed by atoms with E-state index in [1.165, 1.54) is 5.56 Å². The van der Waals surface area contributed by atoms with E-state index in [9.17, 15) is 0 Å². The maximum Gasteiger partial charge on any atom is 0.125 e. The SMILES string of the molecule is Cc1ccc(-c2nccs2)c(N)c1. The third-order valence-electron chi connectivity index (χ3n) is 1.87. The Balaban J connectivity index is 2.53. The topological polar surface area (TPSA) is 38.9 Å². The molecule has 0 atom stereocenters. The number of aryl methyl sites for hydroxylation is 1. The second kappa shape index (κ2) is 3.18. The first kappa shape index (κ1) is 8.26. The Morgan fingerprint density at radius 2 is 2.23 bits per heavy atom. The van der Waals surface area contributed by atoms with E-state index in [4.69, 9.17) is 5.73 Å². The molecule has 2 N–H and O–H groups in total. The molecule has 0 saturated heterocycles. The molecule has 0 saturated carbocycles. The Labute approximate surface area is 81.1 Å². The summed E-state index contributed by atoms with van der Waals surface area (Å²) in [5.74, 6) is 0. The molecule has 0 fully saturated rings. The van der Waals surface area contributed by atoms with Crippen molar-refractivity contribution in [1.29, 1.82) is 0 Å². The van der Waals surface area contributed by atoms with Gasteiger partial charge in [0.15, 0.2) is 0 Å². The number of aromatic nitrogens is 1. The second-order valence-corrected chi connectivity index (χ2v) is 3.82. The van der Waals surface area contributed by atoms with Crippen molar-refractivity contribution in [2.45, 2.75) is 6.92 Å². The van der Waals surface area contributed by atoms with Crippen molar-refractivity contribution in [1.82, 2.24) is 4.98 Å². The fourth-order valence-corrected chi connectivity index (χ4v) is 1.92. The molecule has 3 heteroatoms. The Hall–Kier alpha value is -1.35. The monoisotopic (exact) mass is 190 g/mol. The van der Waals surface area contributed by atoms with Crippen LogP contribution in [0, 0.1) is 6.92 Å². The molecule has 0 aliphatic carbocycles. The van der Waals surface area contributed by atoms with E-state index in [2.05, 4.69) is 4.98 Å². The van der Waals surface area contributed by atoms with Crippen LogP contribution in [0.1, 0.15) is 5.56 Å². The van der Waals surface area contributed by atoms with Gasteiger partial charge in [-0.1, -0.05) is 6.07 Å². The van der Waals surface area contributed by atoms with Crippen LogP contribution >= 0.6 is 11.3 Å². The van der Waals surface area contributed by atoms with Crippen molar-refractivity contribution < 1.29 is 0 Å². The predicted octanol–water partition coefficient (Wildman–Crippen LogP) is 2.70. The third-order valence-corrected chi connectivity index (χ3v) is 2.68. The molecule has 0 aliphatic rings. The van der Waals surface area contributed by atoms with Gasteiger partial charge in [-0.05, 0) is 24.6 Å². The third kappa shape index (κ3) is 1.55. The van der Waals surface area contributed by atoms with Gasteiger partial charge in [-0.15, -0.1) is 11.3 Å². The van der Waals surface area contributed by atoms with Crippen molar-refractivity contribution in [2.24, 2.45) is 0 Å². The van der Waals surface area contributed by atoms with Crippen LogP contribution in [0.4, 0.5) is 5.69 Å². The van der Waals surface area contributed by atoms with Crippen LogP contribution < -0.4 is 5.73 Å². The minimum absolute atomic E-state index is 0.801. The molecule has 0 unspecified atom stereocenters. The molecular weight excluding hydrogens is 180 g/mol. The minimum Gasteiger partial charge on any atom is -0.398 e. The highest BCUT2D eigenvalue weighted by Gasteiger charge is 2.03. The summed E-state index contributed by atoms with van der Waals surface area (Å²) < 4.78 is 0. The van der Waals surface area contributed by atoms with Crippen LogP contribution in [0.2, 0.25) is 0 Å². The number of nitrogens with zero attached hydrogens (tertiary/aromatic N) is 1. The number of nitrogens with two attached hydrogens (primary N) is 1. The number of nitrogen functional groups attached to an aromatic ring is 1. The molecule has 0 bridgehead atoms. The van der Waals surface area contributed by atoms with Gasteiger partial charge in [0.25, 0.3) is 0 Å². The van der Waals surface area contributed by atoms with E-state index in [1.807, 2.05) is 30.5 Å². The molecule has 1 aromatic heterocycles. The highest BCUT2D eigenvalue weighted by atomic mass is 32.1. The lowest BCUT2D eigenvalue weighted by atomic mass is 10.1. The summed E-state index contributed by atoms with van der Waals surface area (Å²) >= 11 is 1.60. The first-order chi connectivity index (χ1) is 6.27. The van der Waals surface area contributed by atoms with E-state index < -0.39 is 0 Å². The van der Waals surface area contributed by atoms with Crippen molar-refractivity contribution >= 4 is 17.0 Å². The second-order valence-electron chi connectivity index (χ2n) is 2.93. The van der Waals surface area contributed by atoms with Crippen molar-refractivity contribution in [3.05, 3.63) is 35.3 Å². The standard InChI is InChI=1S/C10H10N2S/c1-7-2-3-8(9(11)6-7)10-12-4-5-13-10/h2-6H,11H2,1H3. The Kier molecular flexibility index (Phi) is 2.02. The summed E-state index contributed by atoms with van der Waals surface area (Å²) in [4.78, 5) is 4.22. The van der Waals surface area contributed by atoms with Gasteiger partial charge in [0.05, 0.1) is 0 Å². The Morgan fingerprint density at radius 1 is 1.38 bits per heavy atom. The highest BCUT2D eigenvalue weighted by Crippen LogP contribution is 2.27. The molecule has 13 heavy (non-hydrogen) atoms. The summed E-state index contributed by atoms with van der Waals surface area (Å²) in [6.07, 6.45) is 1.79. The van der Waals surface area contributed by atoms with Gasteiger partial charge >= 0.3 is 0 Å². The lowest BCUT2D eigenvalue weighted by molar-refractivity contribution is 1.40. The maximum absolute atomic E-state index is 5.88. The first-order valence-electron chi connectivity index (χ1n) is 4.03.